The molecule has 1 aromatic rings. The Bertz CT molecular complexity index is 473. The Morgan fingerprint density at radius 1 is 1.14 bits per heavy atom. The molecule has 1 amide bonds. The molecule has 1 rings (SSSR count). The highest BCUT2D eigenvalue weighted by molar-refractivity contribution is 6.30. The van der Waals surface area contributed by atoms with Crippen LogP contribution in [0, 0.1) is 5.92 Å². The Balaban J connectivity index is 2.25. The van der Waals surface area contributed by atoms with Gasteiger partial charge in [0.2, 0.25) is 0 Å². The van der Waals surface area contributed by atoms with Gasteiger partial charge in [-0.05, 0) is 37.1 Å². The van der Waals surface area contributed by atoms with E-state index in [0.717, 1.165) is 0 Å². The van der Waals surface area contributed by atoms with Crippen molar-refractivity contribution in [3.8, 4) is 5.75 Å². The summed E-state index contributed by atoms with van der Waals surface area (Å²) >= 11 is 5.73. The lowest BCUT2D eigenvalue weighted by molar-refractivity contribution is -0.150. The predicted octanol–water partition coefficient (Wildman–Crippen LogP) is 2.42. The van der Waals surface area contributed by atoms with Crippen LogP contribution >= 0.6 is 11.6 Å². The van der Waals surface area contributed by atoms with Gasteiger partial charge in [-0.3, -0.25) is 4.79 Å². The summed E-state index contributed by atoms with van der Waals surface area (Å²) in [6, 6.07) is 6.63. The highest BCUT2D eigenvalue weighted by Crippen LogP contribution is 2.15. The van der Waals surface area contributed by atoms with Crippen LogP contribution in [0.5, 0.6) is 5.75 Å². The van der Waals surface area contributed by atoms with Crippen molar-refractivity contribution >= 4 is 23.5 Å². The highest BCUT2D eigenvalue weighted by Gasteiger charge is 2.13. The zero-order chi connectivity index (χ0) is 15.8. The average molecular weight is 314 g/mol. The van der Waals surface area contributed by atoms with E-state index in [1.807, 2.05) is 20.8 Å². The number of amides is 1. The molecule has 6 heteroatoms. The van der Waals surface area contributed by atoms with E-state index in [9.17, 15) is 9.59 Å². The van der Waals surface area contributed by atoms with Gasteiger partial charge in [0, 0.05) is 11.1 Å². The first-order chi connectivity index (χ1) is 9.88. The number of nitrogens with one attached hydrogen (secondary N) is 1. The van der Waals surface area contributed by atoms with Gasteiger partial charge < -0.3 is 14.8 Å². The Morgan fingerprint density at radius 2 is 1.76 bits per heavy atom. The van der Waals surface area contributed by atoms with Crippen LogP contribution in [0.15, 0.2) is 24.3 Å². The van der Waals surface area contributed by atoms with E-state index in [1.54, 1.807) is 24.3 Å². The third kappa shape index (κ3) is 6.99. The van der Waals surface area contributed by atoms with Gasteiger partial charge in [0.1, 0.15) is 5.75 Å². The molecule has 0 heterocycles. The van der Waals surface area contributed by atoms with Crippen molar-refractivity contribution in [1.29, 1.82) is 0 Å². The second-order valence-electron chi connectivity index (χ2n) is 5.00. The van der Waals surface area contributed by atoms with Gasteiger partial charge in [0.25, 0.3) is 5.91 Å². The standard InChI is InChI=1S/C15H20ClNO4/c1-10(2)11(3)17-14(18)8-21-15(19)9-20-13-6-4-12(16)5-7-13/h4-7,10-11H,8-9H2,1-3H3,(H,17,18)/t11-/m1/s1. The van der Waals surface area contributed by atoms with Gasteiger partial charge >= 0.3 is 5.97 Å². The molecule has 0 aliphatic rings. The summed E-state index contributed by atoms with van der Waals surface area (Å²) in [4.78, 5) is 23.0. The van der Waals surface area contributed by atoms with Crippen molar-refractivity contribution in [3.05, 3.63) is 29.3 Å². The zero-order valence-electron chi connectivity index (χ0n) is 12.4. The maximum Gasteiger partial charge on any atom is 0.344 e. The van der Waals surface area contributed by atoms with Gasteiger partial charge in [-0.2, -0.15) is 0 Å². The minimum absolute atomic E-state index is 0.0292. The lowest BCUT2D eigenvalue weighted by atomic mass is 10.1. The molecule has 1 atom stereocenters. The molecule has 0 aromatic heterocycles. The number of esters is 1. The van der Waals surface area contributed by atoms with Crippen molar-refractivity contribution in [2.75, 3.05) is 13.2 Å². The Kier molecular flexibility index (Phi) is 7.02. The number of ether oxygens (including phenoxy) is 2. The number of rotatable bonds is 7. The second-order valence-corrected chi connectivity index (χ2v) is 5.44. The summed E-state index contributed by atoms with van der Waals surface area (Å²) in [7, 11) is 0. The third-order valence-electron chi connectivity index (χ3n) is 2.92. The van der Waals surface area contributed by atoms with Crippen LogP contribution < -0.4 is 10.1 Å². The van der Waals surface area contributed by atoms with Crippen LogP contribution in [0.2, 0.25) is 5.02 Å². The zero-order valence-corrected chi connectivity index (χ0v) is 13.1. The Labute approximate surface area is 129 Å². The number of hydrogen-bond donors (Lipinski definition) is 1. The van der Waals surface area contributed by atoms with E-state index in [-0.39, 0.29) is 25.2 Å². The number of hydrogen-bond acceptors (Lipinski definition) is 4. The smallest absolute Gasteiger partial charge is 0.344 e. The van der Waals surface area contributed by atoms with Crippen LogP contribution in [0.4, 0.5) is 0 Å². The molecule has 0 saturated carbocycles. The summed E-state index contributed by atoms with van der Waals surface area (Å²) in [6.45, 7) is 5.33. The maximum absolute atomic E-state index is 11.5. The fourth-order valence-electron chi connectivity index (χ4n) is 1.32. The van der Waals surface area contributed by atoms with Crippen LogP contribution in [-0.4, -0.2) is 31.1 Å². The summed E-state index contributed by atoms with van der Waals surface area (Å²) in [5, 5.41) is 3.33. The SMILES string of the molecule is CC(C)[C@@H](C)NC(=O)COC(=O)COc1ccc(Cl)cc1. The highest BCUT2D eigenvalue weighted by atomic mass is 35.5. The molecule has 0 spiro atoms. The molecule has 21 heavy (non-hydrogen) atoms. The molecule has 0 fully saturated rings. The van der Waals surface area contributed by atoms with Gasteiger partial charge in [-0.1, -0.05) is 25.4 Å². The van der Waals surface area contributed by atoms with Crippen molar-refractivity contribution in [3.63, 3.8) is 0 Å². The second kappa shape index (κ2) is 8.52. The van der Waals surface area contributed by atoms with Crippen LogP contribution in [0.25, 0.3) is 0 Å². The van der Waals surface area contributed by atoms with Crippen molar-refractivity contribution in [1.82, 2.24) is 5.32 Å². The van der Waals surface area contributed by atoms with Crippen LogP contribution in [0.1, 0.15) is 20.8 Å². The Morgan fingerprint density at radius 3 is 2.33 bits per heavy atom. The third-order valence-corrected chi connectivity index (χ3v) is 3.18. The fourth-order valence-corrected chi connectivity index (χ4v) is 1.45. The lowest BCUT2D eigenvalue weighted by Crippen LogP contribution is -2.39. The Hall–Kier alpha value is -1.75. The molecule has 0 unspecified atom stereocenters. The van der Waals surface area contributed by atoms with Gasteiger partial charge in [0.15, 0.2) is 13.2 Å². The first-order valence-corrected chi connectivity index (χ1v) is 7.09. The molecule has 5 nitrogen and oxygen atoms in total. The summed E-state index contributed by atoms with van der Waals surface area (Å²) in [6.07, 6.45) is 0. The molecule has 1 N–H and O–H groups in total. The van der Waals surface area contributed by atoms with E-state index < -0.39 is 5.97 Å². The van der Waals surface area contributed by atoms with Crippen LogP contribution in [0.3, 0.4) is 0 Å². The first-order valence-electron chi connectivity index (χ1n) is 6.72. The fraction of sp³-hybridized carbons (Fsp3) is 0.467. The van der Waals surface area contributed by atoms with Gasteiger partial charge in [0.05, 0.1) is 0 Å². The predicted molar refractivity (Wildman–Crippen MR) is 80.3 cm³/mol. The molecule has 116 valence electrons. The molecule has 0 saturated heterocycles. The molecule has 0 radical (unpaired) electrons. The summed E-state index contributed by atoms with van der Waals surface area (Å²) in [5.74, 6) is -0.0968. The normalized spacial score (nSPS) is 11.9. The van der Waals surface area contributed by atoms with E-state index in [2.05, 4.69) is 5.32 Å². The molecule has 0 aliphatic carbocycles. The largest absolute Gasteiger partial charge is 0.482 e. The van der Waals surface area contributed by atoms with Crippen LogP contribution in [-0.2, 0) is 14.3 Å². The molecule has 0 bridgehead atoms. The van der Waals surface area contributed by atoms with E-state index in [4.69, 9.17) is 21.1 Å². The van der Waals surface area contributed by atoms with E-state index in [1.165, 1.54) is 0 Å². The maximum atomic E-state index is 11.5. The quantitative estimate of drug-likeness (QED) is 0.785. The number of carbonyl (C=O) groups excluding carboxylic acids is 2. The molecule has 1 aromatic carbocycles. The average Bonchev–Trinajstić information content (AvgIpc) is 2.44. The van der Waals surface area contributed by atoms with Crippen molar-refractivity contribution < 1.29 is 19.1 Å². The van der Waals surface area contributed by atoms with Gasteiger partial charge in [-0.15, -0.1) is 0 Å². The number of benzene rings is 1. The minimum Gasteiger partial charge on any atom is -0.482 e. The molecular weight excluding hydrogens is 294 g/mol. The monoisotopic (exact) mass is 313 g/mol. The number of halogens is 1. The minimum atomic E-state index is -0.600. The number of carbonyl (C=O) groups is 2. The molecule has 0 aliphatic heterocycles. The van der Waals surface area contributed by atoms with E-state index >= 15 is 0 Å². The topological polar surface area (TPSA) is 64.6 Å². The lowest BCUT2D eigenvalue weighted by Gasteiger charge is -2.17. The van der Waals surface area contributed by atoms with Crippen molar-refractivity contribution in [2.45, 2.75) is 26.8 Å². The van der Waals surface area contributed by atoms with Crippen molar-refractivity contribution in [2.24, 2.45) is 5.92 Å². The summed E-state index contributed by atoms with van der Waals surface area (Å²) in [5.41, 5.74) is 0. The van der Waals surface area contributed by atoms with Gasteiger partial charge in [-0.25, -0.2) is 4.79 Å². The summed E-state index contributed by atoms with van der Waals surface area (Å²) < 4.78 is 10.0. The first kappa shape index (κ1) is 17.3. The van der Waals surface area contributed by atoms with E-state index in [0.29, 0.717) is 16.7 Å². The molecular formula is C15H20ClNO4.